The summed E-state index contributed by atoms with van der Waals surface area (Å²) in [4.78, 5) is 0. The van der Waals surface area contributed by atoms with Crippen molar-refractivity contribution in [2.24, 2.45) is 0 Å². The van der Waals surface area contributed by atoms with Gasteiger partial charge >= 0.3 is 0 Å². The van der Waals surface area contributed by atoms with Crippen molar-refractivity contribution in [1.82, 2.24) is 25.5 Å². The molecule has 0 aliphatic rings. The van der Waals surface area contributed by atoms with Gasteiger partial charge in [0.05, 0.1) is 18.7 Å². The Bertz CT molecular complexity index is 288. The number of tetrazole rings is 1. The molecule has 0 fully saturated rings. The molecule has 0 aromatic carbocycles. The van der Waals surface area contributed by atoms with Crippen LogP contribution in [-0.4, -0.2) is 40.5 Å². The first-order valence-corrected chi connectivity index (χ1v) is 5.23. The summed E-state index contributed by atoms with van der Waals surface area (Å²) < 4.78 is 7.15. The zero-order chi connectivity index (χ0) is 11.3. The Kier molecular flexibility index (Phi) is 4.64. The highest BCUT2D eigenvalue weighted by Crippen LogP contribution is 2.12. The van der Waals surface area contributed by atoms with Crippen molar-refractivity contribution in [1.29, 1.82) is 0 Å². The van der Waals surface area contributed by atoms with E-state index in [9.17, 15) is 0 Å². The van der Waals surface area contributed by atoms with Gasteiger partial charge in [-0.05, 0) is 38.2 Å². The Hall–Kier alpha value is -1.01. The van der Waals surface area contributed by atoms with Gasteiger partial charge in [-0.2, -0.15) is 0 Å². The van der Waals surface area contributed by atoms with E-state index in [1.165, 1.54) is 0 Å². The van der Waals surface area contributed by atoms with Crippen LogP contribution in [0.5, 0.6) is 0 Å². The molecule has 0 bridgehead atoms. The minimum absolute atomic E-state index is 0.143. The van der Waals surface area contributed by atoms with Crippen molar-refractivity contribution < 1.29 is 4.74 Å². The first-order valence-electron chi connectivity index (χ1n) is 5.23. The highest BCUT2D eigenvalue weighted by Gasteiger charge is 2.16. The summed E-state index contributed by atoms with van der Waals surface area (Å²) >= 11 is 0. The lowest BCUT2D eigenvalue weighted by Crippen LogP contribution is -2.22. The SMILES string of the molecule is CCOCC(C)n1nnnc1C(C)NC. The molecule has 6 heteroatoms. The van der Waals surface area contributed by atoms with Gasteiger partial charge < -0.3 is 10.1 Å². The molecule has 0 spiro atoms. The number of rotatable bonds is 6. The Labute approximate surface area is 90.0 Å². The molecular formula is C9H19N5O. The highest BCUT2D eigenvalue weighted by atomic mass is 16.5. The maximum absolute atomic E-state index is 5.35. The number of aromatic nitrogens is 4. The van der Waals surface area contributed by atoms with Gasteiger partial charge in [-0.25, -0.2) is 4.68 Å². The first-order chi connectivity index (χ1) is 7.20. The molecule has 2 unspecified atom stereocenters. The molecule has 86 valence electrons. The van der Waals surface area contributed by atoms with E-state index in [4.69, 9.17) is 4.74 Å². The minimum atomic E-state index is 0.143. The third-order valence-electron chi connectivity index (χ3n) is 2.32. The second-order valence-corrected chi connectivity index (χ2v) is 3.50. The van der Waals surface area contributed by atoms with Crippen LogP contribution in [0, 0.1) is 0 Å². The van der Waals surface area contributed by atoms with Crippen LogP contribution in [-0.2, 0) is 4.74 Å². The van der Waals surface area contributed by atoms with Gasteiger partial charge in [-0.1, -0.05) is 0 Å². The van der Waals surface area contributed by atoms with E-state index in [0.29, 0.717) is 13.2 Å². The Balaban J connectivity index is 2.71. The second-order valence-electron chi connectivity index (χ2n) is 3.50. The van der Waals surface area contributed by atoms with E-state index in [1.54, 1.807) is 4.68 Å². The fourth-order valence-electron chi connectivity index (χ4n) is 1.29. The lowest BCUT2D eigenvalue weighted by Gasteiger charge is -2.15. The predicted molar refractivity (Wildman–Crippen MR) is 56.5 cm³/mol. The van der Waals surface area contributed by atoms with Crippen LogP contribution in [0.15, 0.2) is 0 Å². The van der Waals surface area contributed by atoms with Crippen LogP contribution < -0.4 is 5.32 Å². The molecular weight excluding hydrogens is 194 g/mol. The molecule has 0 aliphatic heterocycles. The number of hydrogen-bond acceptors (Lipinski definition) is 5. The van der Waals surface area contributed by atoms with E-state index in [2.05, 4.69) is 20.8 Å². The molecule has 1 rings (SSSR count). The van der Waals surface area contributed by atoms with E-state index in [1.807, 2.05) is 27.8 Å². The molecule has 1 N–H and O–H groups in total. The van der Waals surface area contributed by atoms with Gasteiger partial charge in [0.1, 0.15) is 0 Å². The molecule has 6 nitrogen and oxygen atoms in total. The maximum Gasteiger partial charge on any atom is 0.168 e. The summed E-state index contributed by atoms with van der Waals surface area (Å²) in [7, 11) is 1.89. The molecule has 0 amide bonds. The van der Waals surface area contributed by atoms with Crippen molar-refractivity contribution in [3.05, 3.63) is 5.82 Å². The van der Waals surface area contributed by atoms with Crippen LogP contribution in [0.2, 0.25) is 0 Å². The Morgan fingerprint density at radius 1 is 1.47 bits per heavy atom. The monoisotopic (exact) mass is 213 g/mol. The molecule has 0 saturated heterocycles. The second kappa shape index (κ2) is 5.77. The average molecular weight is 213 g/mol. The van der Waals surface area contributed by atoms with E-state index in [-0.39, 0.29) is 12.1 Å². The smallest absolute Gasteiger partial charge is 0.168 e. The van der Waals surface area contributed by atoms with Crippen LogP contribution in [0.4, 0.5) is 0 Å². The molecule has 0 radical (unpaired) electrons. The van der Waals surface area contributed by atoms with Crippen molar-refractivity contribution >= 4 is 0 Å². The summed E-state index contributed by atoms with van der Waals surface area (Å²) in [5.41, 5.74) is 0. The third kappa shape index (κ3) is 2.97. The number of nitrogens with zero attached hydrogens (tertiary/aromatic N) is 4. The summed E-state index contributed by atoms with van der Waals surface area (Å²) in [6.45, 7) is 7.38. The largest absolute Gasteiger partial charge is 0.380 e. The lowest BCUT2D eigenvalue weighted by atomic mass is 10.3. The third-order valence-corrected chi connectivity index (χ3v) is 2.32. The van der Waals surface area contributed by atoms with Gasteiger partial charge in [0.15, 0.2) is 5.82 Å². The standard InChI is InChI=1S/C9H19N5O/c1-5-15-6-7(2)14-9(8(3)10-4)11-12-13-14/h7-8,10H,5-6H2,1-4H3. The lowest BCUT2D eigenvalue weighted by molar-refractivity contribution is 0.112. The predicted octanol–water partition coefficient (Wildman–Crippen LogP) is 0.551. The maximum atomic E-state index is 5.35. The topological polar surface area (TPSA) is 64.9 Å². The van der Waals surface area contributed by atoms with Crippen molar-refractivity contribution in [2.45, 2.75) is 32.9 Å². The van der Waals surface area contributed by atoms with Crippen LogP contribution >= 0.6 is 0 Å². The van der Waals surface area contributed by atoms with Crippen LogP contribution in [0.3, 0.4) is 0 Å². The van der Waals surface area contributed by atoms with E-state index in [0.717, 1.165) is 5.82 Å². The average Bonchev–Trinajstić information content (AvgIpc) is 2.73. The van der Waals surface area contributed by atoms with E-state index < -0.39 is 0 Å². The van der Waals surface area contributed by atoms with Gasteiger partial charge in [0.25, 0.3) is 0 Å². The highest BCUT2D eigenvalue weighted by molar-refractivity contribution is 4.90. The van der Waals surface area contributed by atoms with Crippen LogP contribution in [0.1, 0.15) is 38.7 Å². The summed E-state index contributed by atoms with van der Waals surface area (Å²) in [5, 5.41) is 14.8. The fraction of sp³-hybridized carbons (Fsp3) is 0.889. The zero-order valence-corrected chi connectivity index (χ0v) is 9.77. The van der Waals surface area contributed by atoms with Crippen LogP contribution in [0.25, 0.3) is 0 Å². The van der Waals surface area contributed by atoms with Crippen molar-refractivity contribution in [3.63, 3.8) is 0 Å². The zero-order valence-electron chi connectivity index (χ0n) is 9.77. The van der Waals surface area contributed by atoms with Crippen molar-refractivity contribution in [2.75, 3.05) is 20.3 Å². The molecule has 1 aromatic rings. The van der Waals surface area contributed by atoms with Gasteiger partial charge in [0, 0.05) is 6.61 Å². The summed E-state index contributed by atoms with van der Waals surface area (Å²) in [6.07, 6.45) is 0. The van der Waals surface area contributed by atoms with Gasteiger partial charge in [-0.15, -0.1) is 5.10 Å². The van der Waals surface area contributed by atoms with Gasteiger partial charge in [0.2, 0.25) is 0 Å². The molecule has 0 saturated carbocycles. The van der Waals surface area contributed by atoms with E-state index >= 15 is 0 Å². The number of nitrogens with one attached hydrogen (secondary N) is 1. The summed E-state index contributed by atoms with van der Waals surface area (Å²) in [6, 6.07) is 0.301. The molecule has 1 heterocycles. The number of ether oxygens (including phenoxy) is 1. The van der Waals surface area contributed by atoms with Crippen molar-refractivity contribution in [3.8, 4) is 0 Å². The molecule has 0 aliphatic carbocycles. The van der Waals surface area contributed by atoms with Gasteiger partial charge in [-0.3, -0.25) is 0 Å². The summed E-state index contributed by atoms with van der Waals surface area (Å²) in [5.74, 6) is 0.838. The Morgan fingerprint density at radius 2 is 2.20 bits per heavy atom. The first kappa shape index (κ1) is 12.1. The molecule has 15 heavy (non-hydrogen) atoms. The normalized spacial score (nSPS) is 15.2. The quantitative estimate of drug-likeness (QED) is 0.747. The minimum Gasteiger partial charge on any atom is -0.380 e. The fourth-order valence-corrected chi connectivity index (χ4v) is 1.29. The number of hydrogen-bond donors (Lipinski definition) is 1. The Morgan fingerprint density at radius 3 is 2.80 bits per heavy atom. The molecule has 2 atom stereocenters. The molecule has 1 aromatic heterocycles.